The smallest absolute Gasteiger partial charge is 0.269 e. The largest absolute Gasteiger partial charge is 0.350 e. The molecule has 1 aromatic heterocycles. The Hall–Kier alpha value is -1.62. The molecule has 0 aliphatic heterocycles. The number of hydrazine groups is 1. The van der Waals surface area contributed by atoms with Crippen LogP contribution in [0.4, 0.5) is 5.69 Å². The predicted octanol–water partition coefficient (Wildman–Crippen LogP) is 0.507. The van der Waals surface area contributed by atoms with Gasteiger partial charge in [-0.3, -0.25) is 10.6 Å². The first-order valence-corrected chi connectivity index (χ1v) is 5.00. The molecular formula is C10H14N4O. The standard InChI is InChI=1S/C10H14N4O/c11-14-8-3-4-9(12-6-8)10(15)13-5-7-1-2-7/h3-4,6-7,14H,1-2,5,11H2,(H,13,15). The van der Waals surface area contributed by atoms with E-state index in [9.17, 15) is 4.79 Å². The average molecular weight is 206 g/mol. The van der Waals surface area contributed by atoms with Crippen LogP contribution in [0.5, 0.6) is 0 Å². The van der Waals surface area contributed by atoms with Crippen LogP contribution in [0.15, 0.2) is 18.3 Å². The van der Waals surface area contributed by atoms with Gasteiger partial charge < -0.3 is 10.7 Å². The van der Waals surface area contributed by atoms with Gasteiger partial charge in [0.2, 0.25) is 0 Å². The van der Waals surface area contributed by atoms with E-state index in [0.29, 0.717) is 17.3 Å². The Labute approximate surface area is 88.0 Å². The fraction of sp³-hybridized carbons (Fsp3) is 0.400. The molecule has 0 atom stereocenters. The zero-order chi connectivity index (χ0) is 10.7. The summed E-state index contributed by atoms with van der Waals surface area (Å²) in [6.45, 7) is 0.761. The molecule has 1 heterocycles. The van der Waals surface area contributed by atoms with Crippen LogP contribution in [0.2, 0.25) is 0 Å². The molecule has 1 amide bonds. The number of nitrogen functional groups attached to an aromatic ring is 1. The van der Waals surface area contributed by atoms with Gasteiger partial charge in [-0.1, -0.05) is 0 Å². The maximum Gasteiger partial charge on any atom is 0.269 e. The summed E-state index contributed by atoms with van der Waals surface area (Å²) >= 11 is 0. The minimum absolute atomic E-state index is 0.120. The van der Waals surface area contributed by atoms with E-state index >= 15 is 0 Å². The Kier molecular flexibility index (Phi) is 2.82. The molecule has 4 N–H and O–H groups in total. The van der Waals surface area contributed by atoms with Crippen molar-refractivity contribution in [3.8, 4) is 0 Å². The fourth-order valence-corrected chi connectivity index (χ4v) is 1.26. The van der Waals surface area contributed by atoms with Gasteiger partial charge in [-0.25, -0.2) is 4.98 Å². The van der Waals surface area contributed by atoms with Gasteiger partial charge in [-0.15, -0.1) is 0 Å². The number of anilines is 1. The van der Waals surface area contributed by atoms with E-state index in [-0.39, 0.29) is 5.91 Å². The zero-order valence-corrected chi connectivity index (χ0v) is 8.36. The second-order valence-corrected chi connectivity index (χ2v) is 3.73. The third kappa shape index (κ3) is 2.66. The SMILES string of the molecule is NNc1ccc(C(=O)NCC2CC2)nc1. The lowest BCUT2D eigenvalue weighted by atomic mass is 10.3. The molecule has 0 bridgehead atoms. The third-order valence-electron chi connectivity index (χ3n) is 2.41. The lowest BCUT2D eigenvalue weighted by molar-refractivity contribution is 0.0947. The summed E-state index contributed by atoms with van der Waals surface area (Å²) in [5.41, 5.74) is 3.57. The molecule has 1 saturated carbocycles. The quantitative estimate of drug-likeness (QED) is 0.495. The molecule has 1 fully saturated rings. The number of nitrogens with one attached hydrogen (secondary N) is 2. The van der Waals surface area contributed by atoms with Crippen molar-refractivity contribution in [1.29, 1.82) is 0 Å². The van der Waals surface area contributed by atoms with Crippen molar-refractivity contribution in [2.24, 2.45) is 11.8 Å². The van der Waals surface area contributed by atoms with E-state index in [4.69, 9.17) is 5.84 Å². The molecule has 80 valence electrons. The lowest BCUT2D eigenvalue weighted by Gasteiger charge is -2.04. The Morgan fingerprint density at radius 3 is 2.87 bits per heavy atom. The van der Waals surface area contributed by atoms with Crippen LogP contribution in [-0.4, -0.2) is 17.4 Å². The van der Waals surface area contributed by atoms with Crippen LogP contribution in [0.25, 0.3) is 0 Å². The number of nitrogens with zero attached hydrogens (tertiary/aromatic N) is 1. The third-order valence-corrected chi connectivity index (χ3v) is 2.41. The Balaban J connectivity index is 1.91. The fourth-order valence-electron chi connectivity index (χ4n) is 1.26. The molecular weight excluding hydrogens is 192 g/mol. The molecule has 15 heavy (non-hydrogen) atoms. The molecule has 0 aromatic carbocycles. The maximum absolute atomic E-state index is 11.6. The van der Waals surface area contributed by atoms with Crippen molar-refractivity contribution < 1.29 is 4.79 Å². The second kappa shape index (κ2) is 4.27. The highest BCUT2D eigenvalue weighted by Gasteiger charge is 2.21. The monoisotopic (exact) mass is 206 g/mol. The Bertz CT molecular complexity index is 345. The molecule has 2 rings (SSSR count). The number of rotatable bonds is 4. The number of pyridine rings is 1. The number of aromatic nitrogens is 1. The van der Waals surface area contributed by atoms with E-state index in [1.807, 2.05) is 0 Å². The number of hydrogen-bond acceptors (Lipinski definition) is 4. The minimum Gasteiger partial charge on any atom is -0.350 e. The normalized spacial score (nSPS) is 14.7. The van der Waals surface area contributed by atoms with Gasteiger partial charge in [0.05, 0.1) is 11.9 Å². The molecule has 0 unspecified atom stereocenters. The summed E-state index contributed by atoms with van der Waals surface area (Å²) in [6, 6.07) is 3.37. The number of hydrogen-bond donors (Lipinski definition) is 3. The summed E-state index contributed by atoms with van der Waals surface area (Å²) < 4.78 is 0. The van der Waals surface area contributed by atoms with Crippen LogP contribution >= 0.6 is 0 Å². The average Bonchev–Trinajstić information content (AvgIpc) is 3.10. The molecule has 1 aliphatic carbocycles. The highest BCUT2D eigenvalue weighted by atomic mass is 16.1. The molecule has 0 spiro atoms. The van der Waals surface area contributed by atoms with E-state index < -0.39 is 0 Å². The van der Waals surface area contributed by atoms with Gasteiger partial charge in [0.15, 0.2) is 0 Å². The highest BCUT2D eigenvalue weighted by molar-refractivity contribution is 5.92. The number of carbonyl (C=O) groups excluding carboxylic acids is 1. The first-order chi connectivity index (χ1) is 7.29. The molecule has 1 aromatic rings. The first kappa shape index (κ1) is 9.92. The van der Waals surface area contributed by atoms with E-state index in [1.165, 1.54) is 19.0 Å². The van der Waals surface area contributed by atoms with Gasteiger partial charge in [-0.2, -0.15) is 0 Å². The van der Waals surface area contributed by atoms with Gasteiger partial charge in [0.25, 0.3) is 5.91 Å². The van der Waals surface area contributed by atoms with Crippen molar-refractivity contribution in [3.63, 3.8) is 0 Å². The van der Waals surface area contributed by atoms with E-state index in [1.54, 1.807) is 12.1 Å². The van der Waals surface area contributed by atoms with Crippen LogP contribution in [0, 0.1) is 5.92 Å². The summed E-state index contributed by atoms with van der Waals surface area (Å²) in [5.74, 6) is 5.75. The zero-order valence-electron chi connectivity index (χ0n) is 8.36. The molecule has 5 heteroatoms. The number of nitrogens with two attached hydrogens (primary N) is 1. The Morgan fingerprint density at radius 1 is 1.53 bits per heavy atom. The second-order valence-electron chi connectivity index (χ2n) is 3.73. The minimum atomic E-state index is -0.120. The van der Waals surface area contributed by atoms with Gasteiger partial charge >= 0.3 is 0 Å². The topological polar surface area (TPSA) is 80.0 Å². The number of carbonyl (C=O) groups is 1. The van der Waals surface area contributed by atoms with E-state index in [0.717, 1.165) is 6.54 Å². The van der Waals surface area contributed by atoms with Gasteiger partial charge in [0.1, 0.15) is 5.69 Å². The van der Waals surface area contributed by atoms with Crippen molar-refractivity contribution in [3.05, 3.63) is 24.0 Å². The van der Waals surface area contributed by atoms with Crippen LogP contribution in [0.3, 0.4) is 0 Å². The molecule has 1 aliphatic rings. The highest BCUT2D eigenvalue weighted by Crippen LogP contribution is 2.27. The Morgan fingerprint density at radius 2 is 2.33 bits per heavy atom. The van der Waals surface area contributed by atoms with Crippen molar-refractivity contribution >= 4 is 11.6 Å². The van der Waals surface area contributed by atoms with Crippen LogP contribution in [-0.2, 0) is 0 Å². The summed E-state index contributed by atoms with van der Waals surface area (Å²) in [5, 5.41) is 2.85. The predicted molar refractivity (Wildman–Crippen MR) is 57.1 cm³/mol. The van der Waals surface area contributed by atoms with Crippen molar-refractivity contribution in [2.45, 2.75) is 12.8 Å². The molecule has 0 saturated heterocycles. The maximum atomic E-state index is 11.6. The van der Waals surface area contributed by atoms with Crippen molar-refractivity contribution in [2.75, 3.05) is 12.0 Å². The number of amides is 1. The first-order valence-electron chi connectivity index (χ1n) is 5.00. The van der Waals surface area contributed by atoms with E-state index in [2.05, 4.69) is 15.7 Å². The lowest BCUT2D eigenvalue weighted by Crippen LogP contribution is -2.26. The summed E-state index contributed by atoms with van der Waals surface area (Å²) in [4.78, 5) is 15.5. The van der Waals surface area contributed by atoms with Crippen molar-refractivity contribution in [1.82, 2.24) is 10.3 Å². The van der Waals surface area contributed by atoms with Crippen LogP contribution in [0.1, 0.15) is 23.3 Å². The summed E-state index contributed by atoms with van der Waals surface area (Å²) in [7, 11) is 0. The molecule has 5 nitrogen and oxygen atoms in total. The molecule has 0 radical (unpaired) electrons. The van der Waals surface area contributed by atoms with Crippen LogP contribution < -0.4 is 16.6 Å². The summed E-state index contributed by atoms with van der Waals surface area (Å²) in [6.07, 6.45) is 3.99. The van der Waals surface area contributed by atoms with Gasteiger partial charge in [-0.05, 0) is 30.9 Å². The van der Waals surface area contributed by atoms with Gasteiger partial charge in [0, 0.05) is 6.54 Å².